The Bertz CT molecular complexity index is 589. The highest BCUT2D eigenvalue weighted by Crippen LogP contribution is 2.23. The summed E-state index contributed by atoms with van der Waals surface area (Å²) >= 11 is 0. The normalized spacial score (nSPS) is 18.6. The third-order valence-electron chi connectivity index (χ3n) is 4.16. The molecule has 1 aliphatic heterocycles. The van der Waals surface area contributed by atoms with E-state index >= 15 is 0 Å². The minimum atomic E-state index is 0.274. The molecule has 1 atom stereocenters. The van der Waals surface area contributed by atoms with Gasteiger partial charge in [0.2, 0.25) is 5.91 Å². The van der Waals surface area contributed by atoms with Gasteiger partial charge in [0, 0.05) is 19.5 Å². The highest BCUT2D eigenvalue weighted by Gasteiger charge is 2.27. The van der Waals surface area contributed by atoms with E-state index in [0.29, 0.717) is 12.5 Å². The van der Waals surface area contributed by atoms with Gasteiger partial charge in [0.15, 0.2) is 0 Å². The molecule has 1 amide bonds. The van der Waals surface area contributed by atoms with Gasteiger partial charge in [-0.1, -0.05) is 54.6 Å². The largest absolute Gasteiger partial charge is 0.342 e. The smallest absolute Gasteiger partial charge is 0.222 e. The van der Waals surface area contributed by atoms with E-state index in [1.807, 2.05) is 18.0 Å². The molecule has 0 aromatic heterocycles. The molecule has 2 aromatic rings. The number of nitrogens with zero attached hydrogens (tertiary/aromatic N) is 1. The van der Waals surface area contributed by atoms with Crippen LogP contribution in [-0.2, 0) is 11.2 Å². The van der Waals surface area contributed by atoms with Gasteiger partial charge in [-0.3, -0.25) is 4.79 Å². The second-order valence-electron chi connectivity index (χ2n) is 5.46. The van der Waals surface area contributed by atoms with Gasteiger partial charge in [0.1, 0.15) is 0 Å². The van der Waals surface area contributed by atoms with Crippen LogP contribution in [0.4, 0.5) is 0 Å². The zero-order valence-corrected chi connectivity index (χ0v) is 11.8. The fraction of sp³-hybridized carbons (Fsp3) is 0.278. The van der Waals surface area contributed by atoms with Gasteiger partial charge >= 0.3 is 0 Å². The van der Waals surface area contributed by atoms with Crippen LogP contribution in [0.5, 0.6) is 0 Å². The highest BCUT2D eigenvalue weighted by atomic mass is 16.2. The number of carbonyl (C=O) groups excluding carboxylic acids is 1. The van der Waals surface area contributed by atoms with Crippen LogP contribution in [0.25, 0.3) is 11.1 Å². The topological polar surface area (TPSA) is 20.3 Å². The van der Waals surface area contributed by atoms with E-state index in [-0.39, 0.29) is 5.91 Å². The molecular weight excluding hydrogens is 246 g/mol. The van der Waals surface area contributed by atoms with Crippen molar-refractivity contribution in [2.45, 2.75) is 25.3 Å². The van der Waals surface area contributed by atoms with E-state index in [4.69, 9.17) is 0 Å². The van der Waals surface area contributed by atoms with Gasteiger partial charge in [-0.2, -0.15) is 0 Å². The van der Waals surface area contributed by atoms with Crippen molar-refractivity contribution < 1.29 is 4.79 Å². The summed E-state index contributed by atoms with van der Waals surface area (Å²) in [4.78, 5) is 13.4. The molecule has 0 radical (unpaired) electrons. The summed E-state index contributed by atoms with van der Waals surface area (Å²) in [6.45, 7) is 0. The van der Waals surface area contributed by atoms with E-state index in [1.165, 1.54) is 16.7 Å². The molecule has 2 aromatic carbocycles. The predicted octanol–water partition coefficient (Wildman–Crippen LogP) is 3.52. The van der Waals surface area contributed by atoms with Crippen LogP contribution in [0.1, 0.15) is 18.4 Å². The highest BCUT2D eigenvalue weighted by molar-refractivity contribution is 5.78. The number of likely N-dealkylation sites (N-methyl/N-ethyl adjacent to an activating group) is 1. The number of amides is 1. The second kappa shape index (κ2) is 5.49. The summed E-state index contributed by atoms with van der Waals surface area (Å²) in [7, 11) is 1.92. The molecule has 1 heterocycles. The Hall–Kier alpha value is -2.09. The fourth-order valence-electron chi connectivity index (χ4n) is 2.84. The summed E-state index contributed by atoms with van der Waals surface area (Å²) in [5.74, 6) is 0.274. The first-order chi connectivity index (χ1) is 9.74. The van der Waals surface area contributed by atoms with E-state index in [0.717, 1.165) is 12.8 Å². The van der Waals surface area contributed by atoms with Crippen LogP contribution >= 0.6 is 0 Å². The minimum absolute atomic E-state index is 0.274. The molecule has 1 fully saturated rings. The number of benzene rings is 2. The van der Waals surface area contributed by atoms with Crippen LogP contribution in [0.3, 0.4) is 0 Å². The van der Waals surface area contributed by atoms with Gasteiger partial charge < -0.3 is 4.90 Å². The first-order valence-corrected chi connectivity index (χ1v) is 7.14. The van der Waals surface area contributed by atoms with Crippen molar-refractivity contribution in [2.75, 3.05) is 7.05 Å². The van der Waals surface area contributed by atoms with Crippen LogP contribution in [0, 0.1) is 0 Å². The molecule has 2 heteroatoms. The van der Waals surface area contributed by atoms with Gasteiger partial charge in [-0.05, 0) is 29.5 Å². The summed E-state index contributed by atoms with van der Waals surface area (Å²) in [5, 5.41) is 0. The quantitative estimate of drug-likeness (QED) is 0.831. The maximum absolute atomic E-state index is 11.5. The van der Waals surface area contributed by atoms with Crippen molar-refractivity contribution in [2.24, 2.45) is 0 Å². The summed E-state index contributed by atoms with van der Waals surface area (Å²) in [5.41, 5.74) is 3.79. The van der Waals surface area contributed by atoms with Gasteiger partial charge in [0.05, 0.1) is 0 Å². The molecule has 1 aliphatic rings. The average molecular weight is 265 g/mol. The number of hydrogen-bond donors (Lipinski definition) is 0. The van der Waals surface area contributed by atoms with Crippen molar-refractivity contribution in [3.8, 4) is 11.1 Å². The number of likely N-dealkylation sites (tertiary alicyclic amines) is 1. The van der Waals surface area contributed by atoms with Gasteiger partial charge in [0.25, 0.3) is 0 Å². The monoisotopic (exact) mass is 265 g/mol. The van der Waals surface area contributed by atoms with Crippen LogP contribution < -0.4 is 0 Å². The van der Waals surface area contributed by atoms with Crippen LogP contribution in [0.2, 0.25) is 0 Å². The lowest BCUT2D eigenvalue weighted by Crippen LogP contribution is -2.30. The molecule has 0 N–H and O–H groups in total. The standard InChI is InChI=1S/C18H19NO/c1-19-17(11-12-18(19)20)13-14-7-9-16(10-8-14)15-5-3-2-4-6-15/h2-10,17H,11-13H2,1H3/t17-/m0/s1. The van der Waals surface area contributed by atoms with Crippen molar-refractivity contribution in [1.29, 1.82) is 0 Å². The third-order valence-corrected chi connectivity index (χ3v) is 4.16. The molecule has 20 heavy (non-hydrogen) atoms. The lowest BCUT2D eigenvalue weighted by molar-refractivity contribution is -0.127. The maximum atomic E-state index is 11.5. The van der Waals surface area contributed by atoms with Crippen molar-refractivity contribution in [3.63, 3.8) is 0 Å². The Labute approximate surface area is 120 Å². The summed E-state index contributed by atoms with van der Waals surface area (Å²) in [6.07, 6.45) is 2.64. The molecule has 0 aliphatic carbocycles. The van der Waals surface area contributed by atoms with E-state index in [2.05, 4.69) is 48.5 Å². The first-order valence-electron chi connectivity index (χ1n) is 7.14. The second-order valence-corrected chi connectivity index (χ2v) is 5.46. The zero-order valence-electron chi connectivity index (χ0n) is 11.8. The molecule has 3 rings (SSSR count). The number of carbonyl (C=O) groups is 1. The first kappa shape index (κ1) is 12.9. The fourth-order valence-corrected chi connectivity index (χ4v) is 2.84. The molecule has 1 saturated heterocycles. The van der Waals surface area contributed by atoms with Gasteiger partial charge in [-0.15, -0.1) is 0 Å². The maximum Gasteiger partial charge on any atom is 0.222 e. The Balaban J connectivity index is 1.72. The lowest BCUT2D eigenvalue weighted by atomic mass is 10.00. The van der Waals surface area contributed by atoms with Crippen LogP contribution in [0.15, 0.2) is 54.6 Å². The SMILES string of the molecule is CN1C(=O)CC[C@H]1Cc1ccc(-c2ccccc2)cc1. The molecule has 2 nitrogen and oxygen atoms in total. The molecule has 0 saturated carbocycles. The zero-order chi connectivity index (χ0) is 13.9. The van der Waals surface area contributed by atoms with Gasteiger partial charge in [-0.25, -0.2) is 0 Å². The van der Waals surface area contributed by atoms with E-state index < -0.39 is 0 Å². The Morgan fingerprint density at radius 3 is 2.25 bits per heavy atom. The molecule has 0 bridgehead atoms. The van der Waals surface area contributed by atoms with Crippen molar-refractivity contribution in [1.82, 2.24) is 4.90 Å². The Morgan fingerprint density at radius 2 is 1.65 bits per heavy atom. The van der Waals surface area contributed by atoms with E-state index in [9.17, 15) is 4.79 Å². The summed E-state index contributed by atoms with van der Waals surface area (Å²) in [6, 6.07) is 19.5. The Morgan fingerprint density at radius 1 is 1.00 bits per heavy atom. The van der Waals surface area contributed by atoms with E-state index in [1.54, 1.807) is 0 Å². The van der Waals surface area contributed by atoms with Crippen molar-refractivity contribution >= 4 is 5.91 Å². The lowest BCUT2D eigenvalue weighted by Gasteiger charge is -2.19. The number of rotatable bonds is 3. The third kappa shape index (κ3) is 2.60. The predicted molar refractivity (Wildman–Crippen MR) is 81.4 cm³/mol. The van der Waals surface area contributed by atoms with Crippen molar-refractivity contribution in [3.05, 3.63) is 60.2 Å². The molecule has 102 valence electrons. The molecule has 0 spiro atoms. The molecule has 0 unspecified atom stereocenters. The minimum Gasteiger partial charge on any atom is -0.342 e. The van der Waals surface area contributed by atoms with Crippen LogP contribution in [-0.4, -0.2) is 23.9 Å². The summed E-state index contributed by atoms with van der Waals surface area (Å²) < 4.78 is 0. The Kier molecular flexibility index (Phi) is 3.55. The average Bonchev–Trinajstić information content (AvgIpc) is 2.81. The molecular formula is C18H19NO. The number of hydrogen-bond acceptors (Lipinski definition) is 1.